The maximum Gasteiger partial charge on any atom is 0.145 e. The van der Waals surface area contributed by atoms with Crippen LogP contribution in [-0.4, -0.2) is 12.1 Å². The molecule has 2 nitrogen and oxygen atoms in total. The molecule has 3 heteroatoms. The molecule has 0 aliphatic rings. The highest BCUT2D eigenvalue weighted by atomic mass is 35.5. The molecule has 14 heavy (non-hydrogen) atoms. The summed E-state index contributed by atoms with van der Waals surface area (Å²) in [5.41, 5.74) is 1.90. The second-order valence-corrected chi connectivity index (χ2v) is 3.28. The average Bonchev–Trinajstić information content (AvgIpc) is 2.27. The Hall–Kier alpha value is -1.28. The molecular weight excluding hydrogens is 198 g/mol. The smallest absolute Gasteiger partial charge is 0.145 e. The molecule has 0 aliphatic carbocycles. The average molecular weight is 208 g/mol. The van der Waals surface area contributed by atoms with E-state index in [4.69, 9.17) is 16.3 Å². The van der Waals surface area contributed by atoms with Gasteiger partial charge < -0.3 is 4.74 Å². The van der Waals surface area contributed by atoms with Crippen molar-refractivity contribution in [2.24, 2.45) is 0 Å². The Morgan fingerprint density at radius 3 is 3.00 bits per heavy atom. The zero-order valence-corrected chi connectivity index (χ0v) is 8.58. The number of nitrogens with zero attached hydrogens (tertiary/aromatic N) is 1. The number of alkyl halides is 1. The summed E-state index contributed by atoms with van der Waals surface area (Å²) in [5.74, 6) is 1.28. The molecule has 2 rings (SSSR count). The summed E-state index contributed by atoms with van der Waals surface area (Å²) in [6.45, 7) is 0. The van der Waals surface area contributed by atoms with Gasteiger partial charge in [-0.1, -0.05) is 12.1 Å². The first-order valence-corrected chi connectivity index (χ1v) is 4.86. The Morgan fingerprint density at radius 1 is 1.43 bits per heavy atom. The molecule has 0 N–H and O–H groups in total. The Balaban J connectivity index is 2.67. The van der Waals surface area contributed by atoms with E-state index < -0.39 is 0 Å². The lowest BCUT2D eigenvalue weighted by atomic mass is 10.1. The first-order valence-electron chi connectivity index (χ1n) is 4.33. The van der Waals surface area contributed by atoms with Crippen molar-refractivity contribution in [1.82, 2.24) is 4.98 Å². The van der Waals surface area contributed by atoms with Gasteiger partial charge >= 0.3 is 0 Å². The zero-order valence-electron chi connectivity index (χ0n) is 7.83. The Morgan fingerprint density at radius 2 is 2.29 bits per heavy atom. The fourth-order valence-corrected chi connectivity index (χ4v) is 1.56. The van der Waals surface area contributed by atoms with E-state index in [0.717, 1.165) is 22.2 Å². The van der Waals surface area contributed by atoms with Crippen LogP contribution in [0.15, 0.2) is 30.5 Å². The van der Waals surface area contributed by atoms with Gasteiger partial charge in [0.2, 0.25) is 0 Å². The number of fused-ring (bicyclic) bond motifs is 1. The van der Waals surface area contributed by atoms with Crippen LogP contribution in [0.1, 0.15) is 5.56 Å². The normalized spacial score (nSPS) is 10.4. The van der Waals surface area contributed by atoms with Gasteiger partial charge in [-0.3, -0.25) is 4.98 Å². The minimum absolute atomic E-state index is 0.486. The molecule has 72 valence electrons. The predicted molar refractivity (Wildman–Crippen MR) is 57.9 cm³/mol. The van der Waals surface area contributed by atoms with Gasteiger partial charge in [-0.05, 0) is 17.7 Å². The lowest BCUT2D eigenvalue weighted by molar-refractivity contribution is 0.419. The largest absolute Gasteiger partial charge is 0.494 e. The fourth-order valence-electron chi connectivity index (χ4n) is 1.42. The molecule has 0 bridgehead atoms. The van der Waals surface area contributed by atoms with Gasteiger partial charge in [0.1, 0.15) is 11.3 Å². The van der Waals surface area contributed by atoms with Gasteiger partial charge in [-0.2, -0.15) is 0 Å². The Bertz CT molecular complexity index is 456. The molecule has 0 aliphatic heterocycles. The second kappa shape index (κ2) is 3.84. The summed E-state index contributed by atoms with van der Waals surface area (Å²) in [6.07, 6.45) is 1.78. The van der Waals surface area contributed by atoms with Crippen molar-refractivity contribution >= 4 is 22.5 Å². The van der Waals surface area contributed by atoms with E-state index in [1.165, 1.54) is 0 Å². The molecule has 1 aromatic heterocycles. The first kappa shape index (κ1) is 9.28. The van der Waals surface area contributed by atoms with Gasteiger partial charge in [-0.15, -0.1) is 11.6 Å². The standard InChI is InChI=1S/C11H10ClNO/c1-14-10-4-2-3-9-5-8(6-12)7-13-11(9)10/h2-5,7H,6H2,1H3. The number of hydrogen-bond acceptors (Lipinski definition) is 2. The van der Waals surface area contributed by atoms with Gasteiger partial charge in [-0.25, -0.2) is 0 Å². The fraction of sp³-hybridized carbons (Fsp3) is 0.182. The van der Waals surface area contributed by atoms with E-state index in [9.17, 15) is 0 Å². The molecule has 0 amide bonds. The number of methoxy groups -OCH3 is 1. The number of pyridine rings is 1. The van der Waals surface area contributed by atoms with Crippen LogP contribution in [0, 0.1) is 0 Å². The van der Waals surface area contributed by atoms with Crippen LogP contribution in [0.25, 0.3) is 10.9 Å². The van der Waals surface area contributed by atoms with Crippen molar-refractivity contribution in [2.75, 3.05) is 7.11 Å². The molecule has 0 radical (unpaired) electrons. The summed E-state index contributed by atoms with van der Waals surface area (Å²) >= 11 is 5.73. The summed E-state index contributed by atoms with van der Waals surface area (Å²) in [5, 5.41) is 1.06. The van der Waals surface area contributed by atoms with E-state index in [0.29, 0.717) is 5.88 Å². The Kier molecular flexibility index (Phi) is 2.55. The van der Waals surface area contributed by atoms with Crippen molar-refractivity contribution in [3.05, 3.63) is 36.0 Å². The van der Waals surface area contributed by atoms with Gasteiger partial charge in [0.25, 0.3) is 0 Å². The van der Waals surface area contributed by atoms with Crippen molar-refractivity contribution in [3.8, 4) is 5.75 Å². The van der Waals surface area contributed by atoms with Crippen molar-refractivity contribution in [1.29, 1.82) is 0 Å². The molecular formula is C11H10ClNO. The Labute approximate surface area is 87.5 Å². The predicted octanol–water partition coefficient (Wildman–Crippen LogP) is 2.98. The maximum absolute atomic E-state index is 5.73. The number of hydrogen-bond donors (Lipinski definition) is 0. The molecule has 0 saturated carbocycles. The summed E-state index contributed by atoms with van der Waals surface area (Å²) in [6, 6.07) is 7.87. The minimum Gasteiger partial charge on any atom is -0.494 e. The third-order valence-corrected chi connectivity index (χ3v) is 2.41. The zero-order chi connectivity index (χ0) is 9.97. The van der Waals surface area contributed by atoms with Crippen molar-refractivity contribution in [2.45, 2.75) is 5.88 Å². The van der Waals surface area contributed by atoms with Crippen LogP contribution in [0.3, 0.4) is 0 Å². The highest BCUT2D eigenvalue weighted by Gasteiger charge is 2.02. The molecule has 1 aromatic carbocycles. The summed E-state index contributed by atoms with van der Waals surface area (Å²) < 4.78 is 5.21. The lowest BCUT2D eigenvalue weighted by Crippen LogP contribution is -1.88. The number of rotatable bonds is 2. The third kappa shape index (κ3) is 1.53. The number of halogens is 1. The highest BCUT2D eigenvalue weighted by Crippen LogP contribution is 2.23. The van der Waals surface area contributed by atoms with Gasteiger partial charge in [0, 0.05) is 17.5 Å². The molecule has 0 fully saturated rings. The van der Waals surface area contributed by atoms with E-state index in [-0.39, 0.29) is 0 Å². The van der Waals surface area contributed by atoms with Gasteiger partial charge in [0.05, 0.1) is 7.11 Å². The van der Waals surface area contributed by atoms with E-state index in [1.807, 2.05) is 24.3 Å². The number of para-hydroxylation sites is 1. The van der Waals surface area contributed by atoms with Crippen molar-refractivity contribution in [3.63, 3.8) is 0 Å². The quantitative estimate of drug-likeness (QED) is 0.707. The number of aromatic nitrogens is 1. The van der Waals surface area contributed by atoms with Crippen LogP contribution in [0.4, 0.5) is 0 Å². The lowest BCUT2D eigenvalue weighted by Gasteiger charge is -2.04. The van der Waals surface area contributed by atoms with Gasteiger partial charge in [0.15, 0.2) is 0 Å². The van der Waals surface area contributed by atoms with E-state index in [1.54, 1.807) is 13.3 Å². The molecule has 0 unspecified atom stereocenters. The topological polar surface area (TPSA) is 22.1 Å². The molecule has 2 aromatic rings. The van der Waals surface area contributed by atoms with E-state index in [2.05, 4.69) is 4.98 Å². The first-order chi connectivity index (χ1) is 6.85. The van der Waals surface area contributed by atoms with Crippen LogP contribution in [0.5, 0.6) is 5.75 Å². The van der Waals surface area contributed by atoms with Crippen molar-refractivity contribution < 1.29 is 4.74 Å². The third-order valence-electron chi connectivity index (χ3n) is 2.10. The maximum atomic E-state index is 5.73. The van der Waals surface area contributed by atoms with E-state index >= 15 is 0 Å². The van der Waals surface area contributed by atoms with Crippen LogP contribution < -0.4 is 4.74 Å². The molecule has 0 spiro atoms. The second-order valence-electron chi connectivity index (χ2n) is 3.01. The molecule has 0 saturated heterocycles. The number of benzene rings is 1. The summed E-state index contributed by atoms with van der Waals surface area (Å²) in [7, 11) is 1.64. The molecule has 1 heterocycles. The number of ether oxygens (including phenoxy) is 1. The highest BCUT2D eigenvalue weighted by molar-refractivity contribution is 6.17. The molecule has 0 atom stereocenters. The summed E-state index contributed by atoms with van der Waals surface area (Å²) in [4.78, 5) is 4.31. The van der Waals surface area contributed by atoms with Crippen LogP contribution in [0.2, 0.25) is 0 Å². The van der Waals surface area contributed by atoms with Crippen LogP contribution >= 0.6 is 11.6 Å². The minimum atomic E-state index is 0.486. The van der Waals surface area contributed by atoms with Crippen LogP contribution in [-0.2, 0) is 5.88 Å². The SMILES string of the molecule is COc1cccc2cc(CCl)cnc12. The monoisotopic (exact) mass is 207 g/mol.